The average Bonchev–Trinajstić information content (AvgIpc) is 2.67. The van der Waals surface area contributed by atoms with Crippen molar-refractivity contribution in [3.63, 3.8) is 0 Å². The maximum atomic E-state index is 9.23. The lowest BCUT2D eigenvalue weighted by molar-refractivity contribution is 0.474. The molecule has 0 radical (unpaired) electrons. The Morgan fingerprint density at radius 2 is 2.36 bits per heavy atom. The van der Waals surface area contributed by atoms with Crippen molar-refractivity contribution >= 4 is 23.5 Å². The number of aromatic nitrogens is 2. The van der Waals surface area contributed by atoms with Crippen LogP contribution in [0.3, 0.4) is 0 Å². The fourth-order valence-corrected chi connectivity index (χ4v) is 2.32. The number of rotatable bonds is 3. The van der Waals surface area contributed by atoms with Crippen molar-refractivity contribution in [3.05, 3.63) is 36.2 Å². The van der Waals surface area contributed by atoms with Crippen LogP contribution in [-0.2, 0) is 5.75 Å². The molecule has 0 fully saturated rings. The third-order valence-electron chi connectivity index (χ3n) is 1.61. The number of hydrogen-bond donors (Lipinski definition) is 1. The summed E-state index contributed by atoms with van der Waals surface area (Å²) >= 11 is 2.85. The van der Waals surface area contributed by atoms with E-state index in [-0.39, 0.29) is 0 Å². The van der Waals surface area contributed by atoms with Gasteiger partial charge in [-0.25, -0.2) is 0 Å². The molecule has 0 aliphatic rings. The first-order valence-electron chi connectivity index (χ1n) is 4.03. The summed E-state index contributed by atoms with van der Waals surface area (Å²) in [5, 5.41) is 9.23. The van der Waals surface area contributed by atoms with Gasteiger partial charge in [-0.1, -0.05) is 6.07 Å². The molecule has 0 amide bonds. The second kappa shape index (κ2) is 4.43. The van der Waals surface area contributed by atoms with Gasteiger partial charge in [0.1, 0.15) is 5.75 Å². The van der Waals surface area contributed by atoms with Crippen LogP contribution in [0.25, 0.3) is 0 Å². The molecule has 72 valence electrons. The Kier molecular flexibility index (Phi) is 3.00. The molecule has 14 heavy (non-hydrogen) atoms. The molecular formula is C9H8N2OS2. The van der Waals surface area contributed by atoms with Gasteiger partial charge in [0.15, 0.2) is 0 Å². The van der Waals surface area contributed by atoms with Gasteiger partial charge >= 0.3 is 0 Å². The van der Waals surface area contributed by atoms with E-state index in [2.05, 4.69) is 8.75 Å². The average molecular weight is 224 g/mol. The summed E-state index contributed by atoms with van der Waals surface area (Å²) in [6.45, 7) is 0. The van der Waals surface area contributed by atoms with Crippen molar-refractivity contribution in [3.8, 4) is 5.75 Å². The lowest BCUT2D eigenvalue weighted by Crippen LogP contribution is -1.78. The number of nitrogens with zero attached hydrogens (tertiary/aromatic N) is 2. The Morgan fingerprint density at radius 1 is 1.43 bits per heavy atom. The third-order valence-corrected chi connectivity index (χ3v) is 3.15. The Morgan fingerprint density at radius 3 is 3.07 bits per heavy atom. The first kappa shape index (κ1) is 9.48. The molecule has 3 nitrogen and oxygen atoms in total. The molecule has 2 aromatic rings. The van der Waals surface area contributed by atoms with Crippen LogP contribution in [0.4, 0.5) is 0 Å². The van der Waals surface area contributed by atoms with Gasteiger partial charge in [0.05, 0.1) is 23.6 Å². The van der Waals surface area contributed by atoms with E-state index < -0.39 is 0 Å². The van der Waals surface area contributed by atoms with Gasteiger partial charge in [-0.3, -0.25) is 0 Å². The Bertz CT molecular complexity index is 403. The van der Waals surface area contributed by atoms with E-state index in [9.17, 15) is 5.11 Å². The monoisotopic (exact) mass is 224 g/mol. The molecule has 1 aromatic heterocycles. The molecule has 0 aliphatic heterocycles. The molecule has 1 heterocycles. The number of phenols is 1. The number of benzene rings is 1. The zero-order valence-electron chi connectivity index (χ0n) is 7.25. The molecule has 0 unspecified atom stereocenters. The van der Waals surface area contributed by atoms with Crippen LogP contribution in [0.5, 0.6) is 5.75 Å². The fourth-order valence-electron chi connectivity index (χ4n) is 0.978. The highest BCUT2D eigenvalue weighted by atomic mass is 32.2. The first-order chi connectivity index (χ1) is 6.84. The highest BCUT2D eigenvalue weighted by molar-refractivity contribution is 7.98. The summed E-state index contributed by atoms with van der Waals surface area (Å²) < 4.78 is 8.02. The summed E-state index contributed by atoms with van der Waals surface area (Å²) in [7, 11) is 0. The van der Waals surface area contributed by atoms with Crippen LogP contribution >= 0.6 is 23.5 Å². The quantitative estimate of drug-likeness (QED) is 0.814. The molecule has 0 aliphatic carbocycles. The summed E-state index contributed by atoms with van der Waals surface area (Å²) in [4.78, 5) is 1.04. The van der Waals surface area contributed by atoms with E-state index in [1.54, 1.807) is 30.1 Å². The van der Waals surface area contributed by atoms with Gasteiger partial charge in [-0.15, -0.1) is 11.8 Å². The van der Waals surface area contributed by atoms with Gasteiger partial charge < -0.3 is 5.11 Å². The molecule has 1 N–H and O–H groups in total. The number of thioether (sulfide) groups is 1. The van der Waals surface area contributed by atoms with Crippen LogP contribution in [0.1, 0.15) is 5.69 Å². The Labute approximate surface area is 90.1 Å². The predicted octanol–water partition coefficient (Wildman–Crippen LogP) is 2.54. The Balaban J connectivity index is 1.98. The normalized spacial score (nSPS) is 10.3. The molecule has 0 bridgehead atoms. The zero-order valence-corrected chi connectivity index (χ0v) is 8.88. The van der Waals surface area contributed by atoms with E-state index in [1.165, 1.54) is 11.7 Å². The molecule has 2 rings (SSSR count). The van der Waals surface area contributed by atoms with Crippen molar-refractivity contribution in [1.82, 2.24) is 8.75 Å². The molecule has 0 spiro atoms. The van der Waals surface area contributed by atoms with Crippen LogP contribution in [-0.4, -0.2) is 13.9 Å². The zero-order chi connectivity index (χ0) is 9.80. The largest absolute Gasteiger partial charge is 0.508 e. The molecule has 0 saturated heterocycles. The van der Waals surface area contributed by atoms with Crippen LogP contribution in [0.2, 0.25) is 0 Å². The number of hydrogen-bond acceptors (Lipinski definition) is 5. The van der Waals surface area contributed by atoms with Crippen molar-refractivity contribution in [1.29, 1.82) is 0 Å². The molecule has 0 saturated carbocycles. The van der Waals surface area contributed by atoms with Crippen LogP contribution in [0, 0.1) is 0 Å². The maximum absolute atomic E-state index is 9.23. The topological polar surface area (TPSA) is 46.0 Å². The molecular weight excluding hydrogens is 216 g/mol. The van der Waals surface area contributed by atoms with Crippen molar-refractivity contribution < 1.29 is 5.11 Å². The predicted molar refractivity (Wildman–Crippen MR) is 57.6 cm³/mol. The minimum atomic E-state index is 0.298. The van der Waals surface area contributed by atoms with Crippen LogP contribution < -0.4 is 0 Å². The molecule has 0 atom stereocenters. The molecule has 5 heteroatoms. The second-order valence-electron chi connectivity index (χ2n) is 2.68. The van der Waals surface area contributed by atoms with Gasteiger partial charge in [-0.2, -0.15) is 8.75 Å². The second-order valence-corrected chi connectivity index (χ2v) is 4.29. The van der Waals surface area contributed by atoms with Gasteiger partial charge in [-0.05, 0) is 18.2 Å². The Hall–Kier alpha value is -1.07. The summed E-state index contributed by atoms with van der Waals surface area (Å²) in [6.07, 6.45) is 1.76. The van der Waals surface area contributed by atoms with E-state index in [0.717, 1.165) is 16.3 Å². The van der Waals surface area contributed by atoms with Crippen molar-refractivity contribution in [2.45, 2.75) is 10.6 Å². The van der Waals surface area contributed by atoms with E-state index >= 15 is 0 Å². The lowest BCUT2D eigenvalue weighted by atomic mass is 10.3. The van der Waals surface area contributed by atoms with E-state index in [1.807, 2.05) is 12.1 Å². The minimum absolute atomic E-state index is 0.298. The molecule has 1 aromatic carbocycles. The number of aromatic hydroxyl groups is 1. The summed E-state index contributed by atoms with van der Waals surface area (Å²) in [6, 6.07) is 7.19. The van der Waals surface area contributed by atoms with Crippen LogP contribution in [0.15, 0.2) is 35.4 Å². The SMILES string of the molecule is Oc1cccc(SCc2cnsn2)c1. The fraction of sp³-hybridized carbons (Fsp3) is 0.111. The van der Waals surface area contributed by atoms with E-state index in [4.69, 9.17) is 0 Å². The highest BCUT2D eigenvalue weighted by Gasteiger charge is 1.99. The van der Waals surface area contributed by atoms with E-state index in [0.29, 0.717) is 5.75 Å². The van der Waals surface area contributed by atoms with Gasteiger partial charge in [0, 0.05) is 10.6 Å². The highest BCUT2D eigenvalue weighted by Crippen LogP contribution is 2.24. The van der Waals surface area contributed by atoms with Crippen molar-refractivity contribution in [2.75, 3.05) is 0 Å². The summed E-state index contributed by atoms with van der Waals surface area (Å²) in [5.41, 5.74) is 0.975. The maximum Gasteiger partial charge on any atom is 0.116 e. The lowest BCUT2D eigenvalue weighted by Gasteiger charge is -1.98. The third kappa shape index (κ3) is 2.46. The van der Waals surface area contributed by atoms with Crippen molar-refractivity contribution in [2.24, 2.45) is 0 Å². The summed E-state index contributed by atoms with van der Waals surface area (Å²) in [5.74, 6) is 1.09. The smallest absolute Gasteiger partial charge is 0.116 e. The van der Waals surface area contributed by atoms with Gasteiger partial charge in [0.2, 0.25) is 0 Å². The van der Waals surface area contributed by atoms with Gasteiger partial charge in [0.25, 0.3) is 0 Å². The minimum Gasteiger partial charge on any atom is -0.508 e. The standard InChI is InChI=1S/C9H8N2OS2/c12-8-2-1-3-9(4-8)13-6-7-5-10-14-11-7/h1-5,12H,6H2. The number of phenolic OH excluding ortho intramolecular Hbond substituents is 1. The first-order valence-corrected chi connectivity index (χ1v) is 5.74.